The third-order valence-corrected chi connectivity index (χ3v) is 5.36. The van der Waals surface area contributed by atoms with Gasteiger partial charge in [-0.3, -0.25) is 4.79 Å². The summed E-state index contributed by atoms with van der Waals surface area (Å²) in [5, 5.41) is 5.27. The van der Waals surface area contributed by atoms with E-state index in [1.807, 2.05) is 29.3 Å². The number of hydrogen-bond acceptors (Lipinski definition) is 2. The van der Waals surface area contributed by atoms with E-state index in [1.54, 1.807) is 0 Å². The van der Waals surface area contributed by atoms with Crippen molar-refractivity contribution in [1.29, 1.82) is 0 Å². The quantitative estimate of drug-likeness (QED) is 0.843. The van der Waals surface area contributed by atoms with Crippen LogP contribution in [0.3, 0.4) is 0 Å². The Labute approximate surface area is 146 Å². The number of aromatic nitrogens is 1. The number of nitrogens with one attached hydrogen (secondary N) is 2. The number of nitrogens with zero attached hydrogens (tertiary/aromatic N) is 1. The second kappa shape index (κ2) is 6.17. The average Bonchev–Trinajstić information content (AvgIpc) is 3.22. The summed E-state index contributed by atoms with van der Waals surface area (Å²) >= 11 is 6.09. The number of likely N-dealkylation sites (tertiary alicyclic amines) is 1. The lowest BCUT2D eigenvalue weighted by Crippen LogP contribution is -2.32. The van der Waals surface area contributed by atoms with Crippen molar-refractivity contribution < 1.29 is 4.79 Å². The van der Waals surface area contributed by atoms with Crippen molar-refractivity contribution in [2.24, 2.45) is 5.92 Å². The maximum Gasteiger partial charge on any atom is 0.231 e. The van der Waals surface area contributed by atoms with Crippen molar-refractivity contribution in [2.75, 3.05) is 13.1 Å². The molecular weight excluding hydrogens is 322 g/mol. The zero-order valence-electron chi connectivity index (χ0n) is 13.6. The molecule has 1 aromatic carbocycles. The molecule has 1 atom stereocenters. The molecule has 2 aliphatic rings. The fraction of sp³-hybridized carbons (Fsp3) is 0.421. The predicted molar refractivity (Wildman–Crippen MR) is 97.0 cm³/mol. The van der Waals surface area contributed by atoms with Crippen LogP contribution in [0.4, 0.5) is 0 Å². The van der Waals surface area contributed by atoms with Gasteiger partial charge in [-0.25, -0.2) is 0 Å². The first kappa shape index (κ1) is 15.6. The van der Waals surface area contributed by atoms with Crippen molar-refractivity contribution in [3.8, 4) is 0 Å². The van der Waals surface area contributed by atoms with Gasteiger partial charge in [0.1, 0.15) is 0 Å². The number of amides is 1. The molecular formula is C19H22ClN3O. The predicted octanol–water partition coefficient (Wildman–Crippen LogP) is 3.48. The number of benzene rings is 1. The summed E-state index contributed by atoms with van der Waals surface area (Å²) in [4.78, 5) is 17.8. The SMILES string of the molecule is C=C(NCCc1c[nH]c2ccc(Cl)cc12)C1CCN(C2CC2)C1=O. The third kappa shape index (κ3) is 2.91. The van der Waals surface area contributed by atoms with Crippen LogP contribution in [0.1, 0.15) is 24.8 Å². The van der Waals surface area contributed by atoms with Crippen molar-refractivity contribution in [3.05, 3.63) is 47.3 Å². The molecule has 5 heteroatoms. The summed E-state index contributed by atoms with van der Waals surface area (Å²) in [6, 6.07) is 6.39. The minimum absolute atomic E-state index is 0.0528. The van der Waals surface area contributed by atoms with E-state index in [9.17, 15) is 4.79 Å². The molecule has 1 saturated heterocycles. The van der Waals surface area contributed by atoms with Gasteiger partial charge in [0, 0.05) is 47.0 Å². The molecule has 2 fully saturated rings. The van der Waals surface area contributed by atoms with Crippen LogP contribution in [-0.4, -0.2) is 34.9 Å². The van der Waals surface area contributed by atoms with Crippen molar-refractivity contribution in [3.63, 3.8) is 0 Å². The number of hydrogen-bond donors (Lipinski definition) is 2. The lowest BCUT2D eigenvalue weighted by Gasteiger charge is -2.17. The molecule has 4 rings (SSSR count). The van der Waals surface area contributed by atoms with Crippen molar-refractivity contribution in [1.82, 2.24) is 15.2 Å². The molecule has 1 unspecified atom stereocenters. The second-order valence-corrected chi connectivity index (χ2v) is 7.25. The normalized spacial score (nSPS) is 20.8. The summed E-state index contributed by atoms with van der Waals surface area (Å²) in [7, 11) is 0. The molecule has 0 spiro atoms. The van der Waals surface area contributed by atoms with Gasteiger partial charge in [-0.05, 0) is 49.4 Å². The lowest BCUT2D eigenvalue weighted by molar-refractivity contribution is -0.130. The number of H-pyrrole nitrogens is 1. The van der Waals surface area contributed by atoms with Gasteiger partial charge < -0.3 is 15.2 Å². The summed E-state index contributed by atoms with van der Waals surface area (Å²) < 4.78 is 0. The van der Waals surface area contributed by atoms with Crippen LogP contribution in [0.5, 0.6) is 0 Å². The van der Waals surface area contributed by atoms with Crippen molar-refractivity contribution in [2.45, 2.75) is 31.7 Å². The monoisotopic (exact) mass is 343 g/mol. The van der Waals surface area contributed by atoms with Crippen molar-refractivity contribution >= 4 is 28.4 Å². The van der Waals surface area contributed by atoms with E-state index in [0.717, 1.165) is 47.6 Å². The van der Waals surface area contributed by atoms with E-state index in [0.29, 0.717) is 6.04 Å². The first-order valence-corrected chi connectivity index (χ1v) is 9.00. The van der Waals surface area contributed by atoms with Gasteiger partial charge in [-0.1, -0.05) is 18.2 Å². The van der Waals surface area contributed by atoms with Gasteiger partial charge in [-0.2, -0.15) is 0 Å². The Morgan fingerprint density at radius 3 is 3.00 bits per heavy atom. The van der Waals surface area contributed by atoms with E-state index in [4.69, 9.17) is 11.6 Å². The molecule has 126 valence electrons. The standard InChI is InChI=1S/C19H22ClN3O/c1-12(16-7-9-23(19(16)24)15-3-4-15)21-8-6-13-11-22-18-5-2-14(20)10-17(13)18/h2,5,10-11,15-16,21-22H,1,3-4,6-9H2. The van der Waals surface area contributed by atoms with E-state index in [2.05, 4.69) is 16.9 Å². The maximum atomic E-state index is 12.4. The van der Waals surface area contributed by atoms with Gasteiger partial charge >= 0.3 is 0 Å². The second-order valence-electron chi connectivity index (χ2n) is 6.81. The van der Waals surface area contributed by atoms with Crippen LogP contribution >= 0.6 is 11.6 Å². The zero-order chi connectivity index (χ0) is 16.7. The molecule has 0 radical (unpaired) electrons. The molecule has 1 amide bonds. The lowest BCUT2D eigenvalue weighted by atomic mass is 10.0. The summed E-state index contributed by atoms with van der Waals surface area (Å²) in [5.41, 5.74) is 3.19. The summed E-state index contributed by atoms with van der Waals surface area (Å²) in [6.45, 7) is 5.76. The van der Waals surface area contributed by atoms with Gasteiger partial charge in [0.25, 0.3) is 0 Å². The topological polar surface area (TPSA) is 48.1 Å². The van der Waals surface area contributed by atoms with Crippen LogP contribution < -0.4 is 5.32 Å². The number of rotatable bonds is 6. The Hall–Kier alpha value is -1.94. The average molecular weight is 344 g/mol. The Kier molecular flexibility index (Phi) is 4.01. The van der Waals surface area contributed by atoms with Crippen LogP contribution in [0.15, 0.2) is 36.7 Å². The van der Waals surface area contributed by atoms with Gasteiger partial charge in [0.05, 0.1) is 5.92 Å². The fourth-order valence-corrected chi connectivity index (χ4v) is 3.78. The van der Waals surface area contributed by atoms with Crippen LogP contribution in [0.25, 0.3) is 10.9 Å². The maximum absolute atomic E-state index is 12.4. The highest BCUT2D eigenvalue weighted by atomic mass is 35.5. The smallest absolute Gasteiger partial charge is 0.231 e. The van der Waals surface area contributed by atoms with E-state index < -0.39 is 0 Å². The fourth-order valence-electron chi connectivity index (χ4n) is 3.61. The summed E-state index contributed by atoms with van der Waals surface area (Å²) in [5.74, 6) is 0.205. The molecule has 1 aliphatic carbocycles. The van der Waals surface area contributed by atoms with Crippen LogP contribution in [-0.2, 0) is 11.2 Å². The minimum Gasteiger partial charge on any atom is -0.388 e. The molecule has 24 heavy (non-hydrogen) atoms. The van der Waals surface area contributed by atoms with E-state index in [1.165, 1.54) is 18.4 Å². The molecule has 0 bridgehead atoms. The van der Waals surface area contributed by atoms with E-state index in [-0.39, 0.29) is 11.8 Å². The van der Waals surface area contributed by atoms with E-state index >= 15 is 0 Å². The number of carbonyl (C=O) groups is 1. The van der Waals surface area contributed by atoms with Crippen LogP contribution in [0, 0.1) is 5.92 Å². The third-order valence-electron chi connectivity index (χ3n) is 5.12. The largest absolute Gasteiger partial charge is 0.388 e. The number of fused-ring (bicyclic) bond motifs is 1. The highest BCUT2D eigenvalue weighted by Crippen LogP contribution is 2.34. The number of aromatic amines is 1. The van der Waals surface area contributed by atoms with Crippen LogP contribution in [0.2, 0.25) is 5.02 Å². The molecule has 2 N–H and O–H groups in total. The Bertz CT molecular complexity index is 793. The minimum atomic E-state index is -0.0528. The Morgan fingerprint density at radius 1 is 1.38 bits per heavy atom. The zero-order valence-corrected chi connectivity index (χ0v) is 14.4. The first-order chi connectivity index (χ1) is 11.6. The van der Waals surface area contributed by atoms with Gasteiger partial charge in [-0.15, -0.1) is 0 Å². The highest BCUT2D eigenvalue weighted by Gasteiger charge is 2.41. The first-order valence-electron chi connectivity index (χ1n) is 8.62. The van der Waals surface area contributed by atoms with Gasteiger partial charge in [0.2, 0.25) is 5.91 Å². The van der Waals surface area contributed by atoms with Gasteiger partial charge in [0.15, 0.2) is 0 Å². The molecule has 1 aliphatic heterocycles. The molecule has 4 nitrogen and oxygen atoms in total. The molecule has 1 saturated carbocycles. The number of carbonyl (C=O) groups excluding carboxylic acids is 1. The highest BCUT2D eigenvalue weighted by molar-refractivity contribution is 6.31. The number of halogens is 1. The Morgan fingerprint density at radius 2 is 2.21 bits per heavy atom. The molecule has 2 heterocycles. The Balaban J connectivity index is 1.34. The summed E-state index contributed by atoms with van der Waals surface area (Å²) in [6.07, 6.45) is 6.13. The molecule has 2 aromatic rings. The molecule has 1 aromatic heterocycles.